The molecule has 2 nitrogen and oxygen atoms in total. The van der Waals surface area contributed by atoms with Crippen LogP contribution >= 0.6 is 0 Å². The van der Waals surface area contributed by atoms with Crippen LogP contribution in [0.3, 0.4) is 0 Å². The van der Waals surface area contributed by atoms with E-state index in [2.05, 4.69) is 42.2 Å². The van der Waals surface area contributed by atoms with Crippen molar-refractivity contribution in [1.29, 1.82) is 0 Å². The van der Waals surface area contributed by atoms with Gasteiger partial charge in [-0.05, 0) is 31.2 Å². The van der Waals surface area contributed by atoms with Gasteiger partial charge in [0.2, 0.25) is 0 Å². The molecule has 1 aliphatic rings. The number of benzene rings is 1. The van der Waals surface area contributed by atoms with E-state index in [1.807, 2.05) is 6.92 Å². The molecule has 0 saturated heterocycles. The SMILES string of the molecule is CCCCCC1=C(C(=O)CC)CCCN1Cc1ccccc1. The monoisotopic (exact) mass is 299 g/mol. The molecule has 0 unspecified atom stereocenters. The van der Waals surface area contributed by atoms with Crippen molar-refractivity contribution in [2.24, 2.45) is 0 Å². The molecule has 2 rings (SSSR count). The van der Waals surface area contributed by atoms with Crippen LogP contribution in [0.5, 0.6) is 0 Å². The maximum atomic E-state index is 12.3. The van der Waals surface area contributed by atoms with Crippen LogP contribution in [0.2, 0.25) is 0 Å². The first-order valence-electron chi connectivity index (χ1n) is 8.80. The maximum Gasteiger partial charge on any atom is 0.160 e. The zero-order valence-electron chi connectivity index (χ0n) is 14.1. The zero-order chi connectivity index (χ0) is 15.8. The van der Waals surface area contributed by atoms with E-state index in [-0.39, 0.29) is 0 Å². The van der Waals surface area contributed by atoms with Gasteiger partial charge in [-0.3, -0.25) is 4.79 Å². The third-order valence-corrected chi connectivity index (χ3v) is 4.48. The fourth-order valence-corrected chi connectivity index (χ4v) is 3.26. The molecule has 0 spiro atoms. The average Bonchev–Trinajstić information content (AvgIpc) is 2.56. The molecule has 0 bridgehead atoms. The van der Waals surface area contributed by atoms with Crippen LogP contribution in [0.1, 0.15) is 64.4 Å². The molecule has 0 amide bonds. The zero-order valence-corrected chi connectivity index (χ0v) is 14.1. The Morgan fingerprint density at radius 2 is 1.91 bits per heavy atom. The highest BCUT2D eigenvalue weighted by molar-refractivity contribution is 5.95. The van der Waals surface area contributed by atoms with Crippen LogP contribution in [0.25, 0.3) is 0 Å². The lowest BCUT2D eigenvalue weighted by Gasteiger charge is -2.34. The molecule has 0 N–H and O–H groups in total. The summed E-state index contributed by atoms with van der Waals surface area (Å²) in [5.41, 5.74) is 3.77. The van der Waals surface area contributed by atoms with Crippen molar-refractivity contribution in [3.8, 4) is 0 Å². The van der Waals surface area contributed by atoms with Crippen LogP contribution in [0, 0.1) is 0 Å². The third kappa shape index (κ3) is 4.46. The molecule has 0 aromatic heterocycles. The molecule has 0 saturated carbocycles. The molecule has 2 heteroatoms. The average molecular weight is 299 g/mol. The van der Waals surface area contributed by atoms with E-state index in [1.54, 1.807) is 0 Å². The molecule has 1 heterocycles. The fraction of sp³-hybridized carbons (Fsp3) is 0.550. The molecule has 0 fully saturated rings. The number of ketones is 1. The summed E-state index contributed by atoms with van der Waals surface area (Å²) in [6.45, 7) is 6.23. The lowest BCUT2D eigenvalue weighted by molar-refractivity contribution is -0.115. The molecule has 120 valence electrons. The number of rotatable bonds is 8. The Bertz CT molecular complexity index is 504. The third-order valence-electron chi connectivity index (χ3n) is 4.48. The summed E-state index contributed by atoms with van der Waals surface area (Å²) in [4.78, 5) is 14.8. The molecule has 0 atom stereocenters. The Hall–Kier alpha value is -1.57. The summed E-state index contributed by atoms with van der Waals surface area (Å²) in [6, 6.07) is 10.6. The van der Waals surface area contributed by atoms with E-state index in [0.29, 0.717) is 12.2 Å². The number of Topliss-reactive ketones (excluding diaryl/α,β-unsaturated/α-hetero) is 1. The van der Waals surface area contributed by atoms with Gasteiger partial charge in [0.1, 0.15) is 0 Å². The molecule has 0 aliphatic carbocycles. The van der Waals surface area contributed by atoms with Crippen LogP contribution in [-0.2, 0) is 11.3 Å². The first-order valence-corrected chi connectivity index (χ1v) is 8.80. The number of hydrogen-bond donors (Lipinski definition) is 0. The van der Waals surface area contributed by atoms with Gasteiger partial charge in [0.25, 0.3) is 0 Å². The van der Waals surface area contributed by atoms with Crippen molar-refractivity contribution in [2.45, 2.75) is 65.3 Å². The number of carbonyl (C=O) groups excluding carboxylic acids is 1. The van der Waals surface area contributed by atoms with Gasteiger partial charge in [0.15, 0.2) is 5.78 Å². The van der Waals surface area contributed by atoms with Crippen molar-refractivity contribution in [1.82, 2.24) is 4.90 Å². The maximum absolute atomic E-state index is 12.3. The van der Waals surface area contributed by atoms with Gasteiger partial charge in [0, 0.05) is 30.8 Å². The fourth-order valence-electron chi connectivity index (χ4n) is 3.26. The van der Waals surface area contributed by atoms with Gasteiger partial charge in [0.05, 0.1) is 0 Å². The summed E-state index contributed by atoms with van der Waals surface area (Å²) in [5.74, 6) is 0.351. The minimum atomic E-state index is 0.351. The number of unbranched alkanes of at least 4 members (excludes halogenated alkanes) is 2. The second-order valence-electron chi connectivity index (χ2n) is 6.17. The highest BCUT2D eigenvalue weighted by Gasteiger charge is 2.23. The molecule has 22 heavy (non-hydrogen) atoms. The van der Waals surface area contributed by atoms with E-state index in [1.165, 1.54) is 30.5 Å². The lowest BCUT2D eigenvalue weighted by Crippen LogP contribution is -2.30. The molecule has 1 aliphatic heterocycles. The van der Waals surface area contributed by atoms with Gasteiger partial charge in [-0.15, -0.1) is 0 Å². The van der Waals surface area contributed by atoms with Gasteiger partial charge in [-0.2, -0.15) is 0 Å². The molecule has 1 aromatic rings. The predicted octanol–water partition coefficient (Wildman–Crippen LogP) is 5.10. The van der Waals surface area contributed by atoms with E-state index >= 15 is 0 Å². The number of carbonyl (C=O) groups is 1. The van der Waals surface area contributed by atoms with E-state index in [4.69, 9.17) is 0 Å². The quantitative estimate of drug-likeness (QED) is 0.623. The smallest absolute Gasteiger partial charge is 0.160 e. The Morgan fingerprint density at radius 3 is 2.59 bits per heavy atom. The van der Waals surface area contributed by atoms with Crippen LogP contribution in [0.15, 0.2) is 41.6 Å². The van der Waals surface area contributed by atoms with Crippen molar-refractivity contribution < 1.29 is 4.79 Å². The van der Waals surface area contributed by atoms with Crippen molar-refractivity contribution in [2.75, 3.05) is 6.54 Å². The first-order chi connectivity index (χ1) is 10.8. The Morgan fingerprint density at radius 1 is 1.14 bits per heavy atom. The first kappa shape index (κ1) is 16.8. The van der Waals surface area contributed by atoms with Gasteiger partial charge >= 0.3 is 0 Å². The van der Waals surface area contributed by atoms with Gasteiger partial charge < -0.3 is 4.90 Å². The second-order valence-corrected chi connectivity index (χ2v) is 6.17. The molecule has 1 aromatic carbocycles. The summed E-state index contributed by atoms with van der Waals surface area (Å²) in [6.07, 6.45) is 7.43. The minimum Gasteiger partial charge on any atom is -0.370 e. The molecule has 0 radical (unpaired) electrons. The normalized spacial score (nSPS) is 15.3. The standard InChI is InChI=1S/C20H29NO/c1-3-5-7-14-19-18(20(22)4-2)13-10-15-21(19)16-17-11-8-6-9-12-17/h6,8-9,11-12H,3-5,7,10,13-16H2,1-2H3. The lowest BCUT2D eigenvalue weighted by atomic mass is 9.93. The minimum absolute atomic E-state index is 0.351. The second kappa shape index (κ2) is 8.77. The van der Waals surface area contributed by atoms with E-state index < -0.39 is 0 Å². The van der Waals surface area contributed by atoms with Crippen molar-refractivity contribution >= 4 is 5.78 Å². The Labute approximate surface area is 135 Å². The summed E-state index contributed by atoms with van der Waals surface area (Å²) >= 11 is 0. The van der Waals surface area contributed by atoms with Gasteiger partial charge in [-0.25, -0.2) is 0 Å². The molecular weight excluding hydrogens is 270 g/mol. The number of hydrogen-bond acceptors (Lipinski definition) is 2. The molecular formula is C20H29NO. The predicted molar refractivity (Wildman–Crippen MR) is 92.6 cm³/mol. The summed E-state index contributed by atoms with van der Waals surface area (Å²) in [5, 5.41) is 0. The highest BCUT2D eigenvalue weighted by atomic mass is 16.1. The van der Waals surface area contributed by atoms with E-state index in [9.17, 15) is 4.79 Å². The number of nitrogens with zero attached hydrogens (tertiary/aromatic N) is 1. The summed E-state index contributed by atoms with van der Waals surface area (Å²) < 4.78 is 0. The number of allylic oxidation sites excluding steroid dienone is 2. The van der Waals surface area contributed by atoms with Crippen LogP contribution in [-0.4, -0.2) is 17.2 Å². The van der Waals surface area contributed by atoms with Crippen LogP contribution < -0.4 is 0 Å². The van der Waals surface area contributed by atoms with Crippen molar-refractivity contribution in [3.05, 3.63) is 47.2 Å². The Balaban J connectivity index is 2.19. The van der Waals surface area contributed by atoms with Gasteiger partial charge in [-0.1, -0.05) is 57.0 Å². The highest BCUT2D eigenvalue weighted by Crippen LogP contribution is 2.29. The Kier molecular flexibility index (Phi) is 6.70. The van der Waals surface area contributed by atoms with Crippen molar-refractivity contribution in [3.63, 3.8) is 0 Å². The van der Waals surface area contributed by atoms with Crippen LogP contribution in [0.4, 0.5) is 0 Å². The van der Waals surface area contributed by atoms with E-state index in [0.717, 1.165) is 37.9 Å². The largest absolute Gasteiger partial charge is 0.370 e. The summed E-state index contributed by atoms with van der Waals surface area (Å²) in [7, 11) is 0. The topological polar surface area (TPSA) is 20.3 Å².